The van der Waals surface area contributed by atoms with Crippen molar-refractivity contribution >= 4 is 35.6 Å². The van der Waals surface area contributed by atoms with Gasteiger partial charge in [0.15, 0.2) is 0 Å². The number of aromatic amines is 1. The zero-order chi connectivity index (χ0) is 25.0. The van der Waals surface area contributed by atoms with Crippen molar-refractivity contribution in [2.45, 2.75) is 77.7 Å². The number of carboxylic acid groups (broad SMARTS) is 1. The molecule has 2 aromatic rings. The van der Waals surface area contributed by atoms with E-state index in [2.05, 4.69) is 4.98 Å². The number of nitrogens with zero attached hydrogens (tertiary/aromatic N) is 3. The van der Waals surface area contributed by atoms with E-state index in [-0.39, 0.29) is 17.9 Å². The summed E-state index contributed by atoms with van der Waals surface area (Å²) in [6, 6.07) is 4.94. The molecule has 2 fully saturated rings. The van der Waals surface area contributed by atoms with E-state index in [1.807, 2.05) is 59.7 Å². The number of amides is 2. The van der Waals surface area contributed by atoms with Crippen molar-refractivity contribution in [3.8, 4) is 0 Å². The number of hydrogen-bond donors (Lipinski definition) is 2. The van der Waals surface area contributed by atoms with Gasteiger partial charge >= 0.3 is 13.2 Å². The maximum absolute atomic E-state index is 13.4. The summed E-state index contributed by atoms with van der Waals surface area (Å²) in [5, 5.41) is 9.47. The van der Waals surface area contributed by atoms with Crippen LogP contribution in [0.15, 0.2) is 18.2 Å². The van der Waals surface area contributed by atoms with Crippen LogP contribution in [0.3, 0.4) is 0 Å². The molecule has 4 rings (SSSR count). The molecule has 2 aliphatic heterocycles. The average molecular weight is 470 g/mol. The van der Waals surface area contributed by atoms with E-state index in [1.54, 1.807) is 4.90 Å². The van der Waals surface area contributed by atoms with E-state index in [4.69, 9.17) is 14.3 Å². The summed E-state index contributed by atoms with van der Waals surface area (Å²) in [6.45, 7) is 12.4. The third-order valence-corrected chi connectivity index (χ3v) is 7.51. The number of imidazole rings is 1. The minimum atomic E-state index is -1.11. The van der Waals surface area contributed by atoms with Gasteiger partial charge in [0.05, 0.1) is 28.3 Å². The van der Waals surface area contributed by atoms with E-state index in [9.17, 15) is 14.7 Å². The Hall–Kier alpha value is -2.59. The molecule has 10 heteroatoms. The molecule has 0 aliphatic carbocycles. The third kappa shape index (κ3) is 4.18. The normalized spacial score (nSPS) is 22.5. The highest BCUT2D eigenvalue weighted by atomic mass is 16.7. The van der Waals surface area contributed by atoms with Crippen LogP contribution in [0.5, 0.6) is 0 Å². The molecule has 0 radical (unpaired) electrons. The van der Waals surface area contributed by atoms with Gasteiger partial charge in [-0.3, -0.25) is 9.69 Å². The predicted octanol–water partition coefficient (Wildman–Crippen LogP) is 3.16. The van der Waals surface area contributed by atoms with Crippen LogP contribution in [-0.4, -0.2) is 74.8 Å². The van der Waals surface area contributed by atoms with E-state index >= 15 is 0 Å². The number of benzene rings is 1. The first-order valence-electron chi connectivity index (χ1n) is 11.9. The quantitative estimate of drug-likeness (QED) is 0.650. The van der Waals surface area contributed by atoms with E-state index in [0.717, 1.165) is 34.2 Å². The second-order valence-electron chi connectivity index (χ2n) is 10.8. The number of likely N-dealkylation sites (N-methyl/N-ethyl adjacent to an activating group) is 1. The van der Waals surface area contributed by atoms with Crippen LogP contribution >= 0.6 is 0 Å². The lowest BCUT2D eigenvalue weighted by Gasteiger charge is -2.33. The van der Waals surface area contributed by atoms with Crippen molar-refractivity contribution in [2.24, 2.45) is 5.92 Å². The lowest BCUT2D eigenvalue weighted by molar-refractivity contribution is -0.138. The molecule has 1 aromatic carbocycles. The number of carbonyl (C=O) groups excluding carboxylic acids is 1. The van der Waals surface area contributed by atoms with E-state index in [1.165, 1.54) is 7.05 Å². The topological polar surface area (TPSA) is 108 Å². The summed E-state index contributed by atoms with van der Waals surface area (Å²) in [7, 11) is 0.978. The molecule has 0 spiro atoms. The lowest BCUT2D eigenvalue weighted by Crippen LogP contribution is -2.51. The Morgan fingerprint density at radius 2 is 1.88 bits per heavy atom. The van der Waals surface area contributed by atoms with Crippen molar-refractivity contribution in [1.29, 1.82) is 0 Å². The number of likely N-dealkylation sites (tertiary alicyclic amines) is 1. The van der Waals surface area contributed by atoms with Gasteiger partial charge in [-0.1, -0.05) is 19.9 Å². The summed E-state index contributed by atoms with van der Waals surface area (Å²) < 4.78 is 12.4. The number of aromatic nitrogens is 2. The second kappa shape index (κ2) is 8.57. The Balaban J connectivity index is 1.60. The summed E-state index contributed by atoms with van der Waals surface area (Å²) in [6.07, 6.45) is 0.507. The molecule has 0 saturated carbocycles. The Kier molecular flexibility index (Phi) is 6.18. The maximum Gasteiger partial charge on any atom is 0.494 e. The van der Waals surface area contributed by atoms with Crippen molar-refractivity contribution in [1.82, 2.24) is 19.8 Å². The number of H-pyrrole nitrogens is 1. The number of nitrogens with one attached hydrogen (secondary N) is 1. The molecular weight excluding hydrogens is 435 g/mol. The molecular formula is C24H35BN4O5. The van der Waals surface area contributed by atoms with E-state index in [0.29, 0.717) is 12.4 Å². The fourth-order valence-electron chi connectivity index (χ4n) is 4.83. The van der Waals surface area contributed by atoms with Gasteiger partial charge in [0.25, 0.3) is 0 Å². The number of carbonyl (C=O) groups is 2. The number of hydrogen-bond acceptors (Lipinski definition) is 5. The maximum atomic E-state index is 13.4. The molecule has 2 amide bonds. The first-order chi connectivity index (χ1) is 15.8. The van der Waals surface area contributed by atoms with Crippen LogP contribution in [0.4, 0.5) is 4.79 Å². The smallest absolute Gasteiger partial charge is 0.465 e. The van der Waals surface area contributed by atoms with Gasteiger partial charge in [0, 0.05) is 13.6 Å². The molecule has 2 atom stereocenters. The average Bonchev–Trinajstić information content (AvgIpc) is 3.42. The zero-order valence-electron chi connectivity index (χ0n) is 21.1. The Morgan fingerprint density at radius 1 is 1.24 bits per heavy atom. The molecule has 184 valence electrons. The Morgan fingerprint density at radius 3 is 2.47 bits per heavy atom. The minimum absolute atomic E-state index is 0.145. The Bertz CT molecular complexity index is 1080. The summed E-state index contributed by atoms with van der Waals surface area (Å²) >= 11 is 0. The molecule has 2 aliphatic rings. The van der Waals surface area contributed by atoms with Crippen molar-refractivity contribution in [2.75, 3.05) is 13.6 Å². The molecule has 3 heterocycles. The van der Waals surface area contributed by atoms with Crippen molar-refractivity contribution in [3.05, 3.63) is 24.0 Å². The lowest BCUT2D eigenvalue weighted by atomic mass is 9.79. The number of fused-ring (bicyclic) bond motifs is 1. The van der Waals surface area contributed by atoms with Gasteiger partial charge in [-0.25, -0.2) is 9.78 Å². The fourth-order valence-corrected chi connectivity index (χ4v) is 4.83. The predicted molar refractivity (Wildman–Crippen MR) is 130 cm³/mol. The minimum Gasteiger partial charge on any atom is -0.465 e. The van der Waals surface area contributed by atoms with Gasteiger partial charge in [-0.05, 0) is 64.1 Å². The third-order valence-electron chi connectivity index (χ3n) is 7.51. The largest absolute Gasteiger partial charge is 0.494 e. The molecule has 0 bridgehead atoms. The summed E-state index contributed by atoms with van der Waals surface area (Å²) in [5.74, 6) is 0.390. The van der Waals surface area contributed by atoms with Crippen molar-refractivity contribution in [3.63, 3.8) is 0 Å². The van der Waals surface area contributed by atoms with Crippen LogP contribution in [0.25, 0.3) is 11.0 Å². The van der Waals surface area contributed by atoms with Crippen LogP contribution < -0.4 is 5.46 Å². The fraction of sp³-hybridized carbons (Fsp3) is 0.625. The van der Waals surface area contributed by atoms with Crippen LogP contribution in [0, 0.1) is 5.92 Å². The Labute approximate surface area is 200 Å². The monoisotopic (exact) mass is 470 g/mol. The van der Waals surface area contributed by atoms with Crippen LogP contribution in [0.2, 0.25) is 0 Å². The molecule has 2 unspecified atom stereocenters. The van der Waals surface area contributed by atoms with Gasteiger partial charge in [-0.2, -0.15) is 0 Å². The first kappa shape index (κ1) is 24.5. The van der Waals surface area contributed by atoms with Gasteiger partial charge in [-0.15, -0.1) is 0 Å². The van der Waals surface area contributed by atoms with Gasteiger partial charge in [0.1, 0.15) is 11.9 Å². The van der Waals surface area contributed by atoms with Crippen LogP contribution in [0.1, 0.15) is 66.3 Å². The summed E-state index contributed by atoms with van der Waals surface area (Å²) in [4.78, 5) is 36.1. The molecule has 2 saturated heterocycles. The second-order valence-corrected chi connectivity index (χ2v) is 10.8. The SMILES string of the molecule is CC(C)C(C(=O)N1CCCC1c1nc2cc(B3OC(C)(C)C(C)(C)O3)ccc2[nH]1)N(C)C(=O)O. The highest BCUT2D eigenvalue weighted by molar-refractivity contribution is 6.62. The highest BCUT2D eigenvalue weighted by Crippen LogP contribution is 2.37. The molecule has 34 heavy (non-hydrogen) atoms. The molecule has 9 nitrogen and oxygen atoms in total. The highest BCUT2D eigenvalue weighted by Gasteiger charge is 2.51. The number of rotatable bonds is 5. The van der Waals surface area contributed by atoms with E-state index < -0.39 is 30.5 Å². The van der Waals surface area contributed by atoms with Gasteiger partial charge in [0.2, 0.25) is 5.91 Å². The first-order valence-corrected chi connectivity index (χ1v) is 11.9. The standard InChI is InChI=1S/C24H35BN4O5/c1-14(2)19(28(7)22(31)32)21(30)29-12-8-9-18(29)20-26-16-11-10-15(13-17(16)27-20)25-33-23(3,4)24(5,6)34-25/h10-11,13-14,18-19H,8-9,12H2,1-7H3,(H,26,27)(H,31,32). The van der Waals surface area contributed by atoms with Crippen LogP contribution in [-0.2, 0) is 14.1 Å². The summed E-state index contributed by atoms with van der Waals surface area (Å²) in [5.41, 5.74) is 1.70. The zero-order valence-corrected chi connectivity index (χ0v) is 21.1. The van der Waals surface area contributed by atoms with Crippen molar-refractivity contribution < 1.29 is 24.0 Å². The molecule has 2 N–H and O–H groups in total. The molecule has 1 aromatic heterocycles. The van der Waals surface area contributed by atoms with Gasteiger partial charge < -0.3 is 24.3 Å².